The molecule has 1 amide bonds. The third-order valence-corrected chi connectivity index (χ3v) is 8.09. The van der Waals surface area contributed by atoms with Gasteiger partial charge in [0.1, 0.15) is 0 Å². The second-order valence-corrected chi connectivity index (χ2v) is 10.8. The highest BCUT2D eigenvalue weighted by Gasteiger charge is 2.42. The van der Waals surface area contributed by atoms with E-state index in [4.69, 9.17) is 0 Å². The van der Waals surface area contributed by atoms with E-state index < -0.39 is 17.7 Å². The number of nitrogens with zero attached hydrogens (tertiary/aromatic N) is 3. The van der Waals surface area contributed by atoms with Crippen molar-refractivity contribution >= 4 is 40.2 Å². The average Bonchev–Trinajstić information content (AvgIpc) is 3.24. The quantitative estimate of drug-likeness (QED) is 0.505. The van der Waals surface area contributed by atoms with Gasteiger partial charge in [-0.3, -0.25) is 14.5 Å². The van der Waals surface area contributed by atoms with Crippen LogP contribution < -0.4 is 15.7 Å². The number of aromatic nitrogens is 2. The van der Waals surface area contributed by atoms with Gasteiger partial charge in [-0.15, -0.1) is 4.73 Å². The number of halogens is 3. The van der Waals surface area contributed by atoms with Crippen LogP contribution in [-0.4, -0.2) is 51.0 Å². The summed E-state index contributed by atoms with van der Waals surface area (Å²) in [6, 6.07) is 10.8. The number of hydrogen-bond donors (Lipinski definition) is 1. The molecule has 2 aliphatic rings. The van der Waals surface area contributed by atoms with Gasteiger partial charge in [0.05, 0.1) is 23.1 Å². The molecule has 200 valence electrons. The first-order valence-electron chi connectivity index (χ1n) is 12.1. The van der Waals surface area contributed by atoms with Crippen molar-refractivity contribution < 1.29 is 27.6 Å². The van der Waals surface area contributed by atoms with Crippen LogP contribution in [0.2, 0.25) is 0 Å². The third kappa shape index (κ3) is 5.56. The Kier molecular flexibility index (Phi) is 7.19. The summed E-state index contributed by atoms with van der Waals surface area (Å²) in [5, 5.41) is 3.15. The molecule has 12 heteroatoms. The Hall–Kier alpha value is -3.38. The molecule has 0 unspecified atom stereocenters. The smallest absolute Gasteiger partial charge is 0.326 e. The monoisotopic (exact) mass is 546 g/mol. The minimum Gasteiger partial charge on any atom is -0.326 e. The molecule has 38 heavy (non-hydrogen) atoms. The molecular weight excluding hydrogens is 521 g/mol. The third-order valence-electron chi connectivity index (χ3n) is 6.72. The standard InChI is InChI=1S/C26H25F3N4O4S/c1-15-3-2-4-19-23(15)31-21(33(24(19)35)37-25(36)26(27,28)29)14-38-18-7-9-32(10-8-18)13-16-5-6-17-12-22(34)30-20(17)11-16/h2-6,11,18H,7-10,12-14H2,1H3,(H,30,34). The number of fused-ring (bicyclic) bond motifs is 2. The molecule has 2 aromatic carbocycles. The highest BCUT2D eigenvalue weighted by atomic mass is 32.2. The molecule has 5 rings (SSSR count). The summed E-state index contributed by atoms with van der Waals surface area (Å²) < 4.78 is 39.0. The van der Waals surface area contributed by atoms with E-state index in [9.17, 15) is 27.6 Å². The zero-order valence-electron chi connectivity index (χ0n) is 20.5. The second-order valence-electron chi connectivity index (χ2n) is 9.48. The van der Waals surface area contributed by atoms with Crippen molar-refractivity contribution in [1.82, 2.24) is 14.6 Å². The highest BCUT2D eigenvalue weighted by molar-refractivity contribution is 7.99. The number of piperidine rings is 1. The van der Waals surface area contributed by atoms with Crippen molar-refractivity contribution in [2.45, 2.75) is 49.9 Å². The van der Waals surface area contributed by atoms with Crippen LogP contribution in [-0.2, 0) is 28.3 Å². The lowest BCUT2D eigenvalue weighted by Gasteiger charge is -2.31. The molecule has 8 nitrogen and oxygen atoms in total. The van der Waals surface area contributed by atoms with Gasteiger partial charge in [0.2, 0.25) is 5.91 Å². The van der Waals surface area contributed by atoms with E-state index in [1.807, 2.05) is 18.2 Å². The molecule has 0 bridgehead atoms. The van der Waals surface area contributed by atoms with Gasteiger partial charge in [0.25, 0.3) is 5.56 Å². The van der Waals surface area contributed by atoms with Gasteiger partial charge in [0, 0.05) is 17.5 Å². The fraction of sp³-hybridized carbons (Fsp3) is 0.385. The predicted octanol–water partition coefficient (Wildman–Crippen LogP) is 3.61. The second kappa shape index (κ2) is 10.4. The Morgan fingerprint density at radius 2 is 1.95 bits per heavy atom. The predicted molar refractivity (Wildman–Crippen MR) is 137 cm³/mol. The maximum atomic E-state index is 13.0. The number of aryl methyl sites for hydroxylation is 1. The molecule has 0 aliphatic carbocycles. The van der Waals surface area contributed by atoms with E-state index in [1.54, 1.807) is 19.1 Å². The first kappa shape index (κ1) is 26.2. The number of anilines is 1. The topological polar surface area (TPSA) is 93.5 Å². The highest BCUT2D eigenvalue weighted by Crippen LogP contribution is 2.29. The number of thioether (sulfide) groups is 1. The first-order chi connectivity index (χ1) is 18.1. The summed E-state index contributed by atoms with van der Waals surface area (Å²) in [6.45, 7) is 4.14. The van der Waals surface area contributed by atoms with Crippen LogP contribution in [0.3, 0.4) is 0 Å². The van der Waals surface area contributed by atoms with Crippen LogP contribution in [0, 0.1) is 6.92 Å². The summed E-state index contributed by atoms with van der Waals surface area (Å²) in [4.78, 5) is 47.3. The Bertz CT molecular complexity index is 1470. The van der Waals surface area contributed by atoms with Crippen LogP contribution in [0.25, 0.3) is 10.9 Å². The minimum absolute atomic E-state index is 0.00430. The number of carbonyl (C=O) groups excluding carboxylic acids is 2. The molecule has 0 saturated carbocycles. The normalized spacial score (nSPS) is 16.5. The van der Waals surface area contributed by atoms with Crippen LogP contribution in [0.1, 0.15) is 35.4 Å². The zero-order valence-corrected chi connectivity index (χ0v) is 21.3. The molecule has 3 aromatic rings. The van der Waals surface area contributed by atoms with Crippen molar-refractivity contribution in [3.05, 3.63) is 69.3 Å². The molecule has 0 atom stereocenters. The Morgan fingerprint density at radius 1 is 1.18 bits per heavy atom. The van der Waals surface area contributed by atoms with Gasteiger partial charge in [-0.2, -0.15) is 24.9 Å². The molecule has 1 fully saturated rings. The largest absolute Gasteiger partial charge is 0.493 e. The van der Waals surface area contributed by atoms with Crippen molar-refractivity contribution in [2.75, 3.05) is 18.4 Å². The molecular formula is C26H25F3N4O4S. The number of carbonyl (C=O) groups is 2. The number of nitrogens with one attached hydrogen (secondary N) is 1. The lowest BCUT2D eigenvalue weighted by Crippen LogP contribution is -2.40. The molecule has 0 radical (unpaired) electrons. The number of rotatable bonds is 6. The van der Waals surface area contributed by atoms with E-state index >= 15 is 0 Å². The van der Waals surface area contributed by atoms with Gasteiger partial charge in [-0.25, -0.2) is 9.78 Å². The number of alkyl halides is 3. The van der Waals surface area contributed by atoms with E-state index in [0.717, 1.165) is 49.3 Å². The van der Waals surface area contributed by atoms with Crippen LogP contribution in [0.4, 0.5) is 18.9 Å². The van der Waals surface area contributed by atoms with Gasteiger partial charge in [-0.1, -0.05) is 24.3 Å². The van der Waals surface area contributed by atoms with E-state index in [-0.39, 0.29) is 28.1 Å². The number of hydrogen-bond acceptors (Lipinski definition) is 7. The summed E-state index contributed by atoms with van der Waals surface area (Å²) >= 11 is 1.48. The van der Waals surface area contributed by atoms with E-state index in [2.05, 4.69) is 20.0 Å². The average molecular weight is 547 g/mol. The minimum atomic E-state index is -5.25. The number of likely N-dealkylation sites (tertiary alicyclic amines) is 1. The van der Waals surface area contributed by atoms with Crippen molar-refractivity contribution in [3.63, 3.8) is 0 Å². The molecule has 1 saturated heterocycles. The van der Waals surface area contributed by atoms with E-state index in [1.165, 1.54) is 17.8 Å². The molecule has 2 aliphatic heterocycles. The number of amides is 1. The van der Waals surface area contributed by atoms with Gasteiger partial charge in [-0.05, 0) is 61.7 Å². The Balaban J connectivity index is 1.25. The molecule has 3 heterocycles. The molecule has 1 N–H and O–H groups in total. The lowest BCUT2D eigenvalue weighted by molar-refractivity contribution is -0.200. The van der Waals surface area contributed by atoms with E-state index in [0.29, 0.717) is 22.2 Å². The van der Waals surface area contributed by atoms with Crippen LogP contribution in [0.15, 0.2) is 41.2 Å². The number of benzene rings is 2. The summed E-state index contributed by atoms with van der Waals surface area (Å²) in [6.07, 6.45) is -3.16. The summed E-state index contributed by atoms with van der Waals surface area (Å²) in [5.74, 6) is -2.40. The van der Waals surface area contributed by atoms with Crippen molar-refractivity contribution in [3.8, 4) is 0 Å². The lowest BCUT2D eigenvalue weighted by atomic mass is 10.1. The van der Waals surface area contributed by atoms with Gasteiger partial charge >= 0.3 is 12.1 Å². The van der Waals surface area contributed by atoms with Crippen LogP contribution in [0.5, 0.6) is 0 Å². The Labute approximate surface area is 220 Å². The van der Waals surface area contributed by atoms with Crippen LogP contribution >= 0.6 is 11.8 Å². The SMILES string of the molecule is Cc1cccc2c(=O)n(OC(=O)C(F)(F)F)c(CSC3CCN(Cc4ccc5c(c4)NC(=O)C5)CC3)nc12. The summed E-state index contributed by atoms with van der Waals surface area (Å²) in [5.41, 5.74) is 3.20. The van der Waals surface area contributed by atoms with Crippen molar-refractivity contribution in [1.29, 1.82) is 0 Å². The molecule has 1 aromatic heterocycles. The van der Waals surface area contributed by atoms with Gasteiger partial charge in [0.15, 0.2) is 5.82 Å². The number of para-hydroxylation sites is 1. The van der Waals surface area contributed by atoms with Gasteiger partial charge < -0.3 is 10.2 Å². The maximum absolute atomic E-state index is 13.0. The first-order valence-corrected chi connectivity index (χ1v) is 13.2. The van der Waals surface area contributed by atoms with Crippen molar-refractivity contribution in [2.24, 2.45) is 0 Å². The molecule has 0 spiro atoms. The zero-order chi connectivity index (χ0) is 27.0. The Morgan fingerprint density at radius 3 is 2.68 bits per heavy atom. The fourth-order valence-corrected chi connectivity index (χ4v) is 5.86. The summed E-state index contributed by atoms with van der Waals surface area (Å²) in [7, 11) is 0. The fourth-order valence-electron chi connectivity index (χ4n) is 4.75. The maximum Gasteiger partial charge on any atom is 0.493 e.